The normalized spacial score (nSPS) is 21.4. The zero-order chi connectivity index (χ0) is 10.2. The van der Waals surface area contributed by atoms with E-state index in [1.165, 1.54) is 6.42 Å². The highest BCUT2D eigenvalue weighted by Gasteiger charge is 2.42. The maximum atomic E-state index is 10.2. The summed E-state index contributed by atoms with van der Waals surface area (Å²) in [6, 6.07) is 7.85. The van der Waals surface area contributed by atoms with E-state index in [0.29, 0.717) is 0 Å². The molecule has 0 aliphatic heterocycles. The Bertz CT molecular complexity index is 334. The van der Waals surface area contributed by atoms with Gasteiger partial charge >= 0.3 is 0 Å². The topological polar surface area (TPSA) is 20.2 Å². The molecule has 1 fully saturated rings. The van der Waals surface area contributed by atoms with Crippen molar-refractivity contribution in [2.75, 3.05) is 0 Å². The second-order valence-electron chi connectivity index (χ2n) is 3.81. The van der Waals surface area contributed by atoms with Crippen LogP contribution in [0.4, 0.5) is 0 Å². The predicted molar refractivity (Wildman–Crippen MR) is 64.6 cm³/mol. The zero-order valence-corrected chi connectivity index (χ0v) is 10.9. The molecule has 1 nitrogen and oxygen atoms in total. The van der Waals surface area contributed by atoms with Crippen molar-refractivity contribution in [3.63, 3.8) is 0 Å². The molecule has 14 heavy (non-hydrogen) atoms. The molecule has 0 radical (unpaired) electrons. The molecule has 1 aliphatic rings. The van der Waals surface area contributed by atoms with Crippen molar-refractivity contribution in [3.8, 4) is 0 Å². The molecule has 0 saturated heterocycles. The third-order valence-corrected chi connectivity index (χ3v) is 4.82. The SMILES string of the molecule is OC(c1ccccc1Br)C1(Br)CCC1. The number of halogens is 2. The first-order valence-corrected chi connectivity index (χ1v) is 6.33. The summed E-state index contributed by atoms with van der Waals surface area (Å²) >= 11 is 7.09. The first-order chi connectivity index (χ1) is 6.63. The third kappa shape index (κ3) is 1.77. The molecule has 2 rings (SSSR count). The molecule has 1 unspecified atom stereocenters. The molecule has 76 valence electrons. The molecule has 0 aromatic heterocycles. The molecule has 0 amide bonds. The van der Waals surface area contributed by atoms with E-state index in [-0.39, 0.29) is 4.32 Å². The van der Waals surface area contributed by atoms with E-state index in [9.17, 15) is 5.11 Å². The molecular weight excluding hydrogens is 308 g/mol. The predicted octanol–water partition coefficient (Wildman–Crippen LogP) is 3.80. The summed E-state index contributed by atoms with van der Waals surface area (Å²) in [5.41, 5.74) is 0.976. The van der Waals surface area contributed by atoms with Crippen LogP contribution in [-0.2, 0) is 0 Å². The van der Waals surface area contributed by atoms with Crippen LogP contribution in [0.25, 0.3) is 0 Å². The quantitative estimate of drug-likeness (QED) is 0.822. The maximum absolute atomic E-state index is 10.2. The Labute approximate surface area is 101 Å². The van der Waals surface area contributed by atoms with Gasteiger partial charge in [-0.05, 0) is 24.5 Å². The lowest BCUT2D eigenvalue weighted by Gasteiger charge is -2.40. The molecule has 1 atom stereocenters. The minimum absolute atomic E-state index is 0.0864. The van der Waals surface area contributed by atoms with E-state index in [2.05, 4.69) is 31.9 Å². The number of alkyl halides is 1. The van der Waals surface area contributed by atoms with Crippen LogP contribution in [0, 0.1) is 0 Å². The van der Waals surface area contributed by atoms with E-state index in [4.69, 9.17) is 0 Å². The fraction of sp³-hybridized carbons (Fsp3) is 0.455. The van der Waals surface area contributed by atoms with Crippen molar-refractivity contribution in [2.45, 2.75) is 29.7 Å². The Kier molecular flexibility index (Phi) is 3.01. The summed E-state index contributed by atoms with van der Waals surface area (Å²) in [7, 11) is 0. The third-order valence-electron chi connectivity index (χ3n) is 2.87. The number of hydrogen-bond acceptors (Lipinski definition) is 1. The number of aliphatic hydroxyl groups excluding tert-OH is 1. The van der Waals surface area contributed by atoms with Crippen molar-refractivity contribution in [1.82, 2.24) is 0 Å². The van der Waals surface area contributed by atoms with Gasteiger partial charge in [-0.15, -0.1) is 0 Å². The highest BCUT2D eigenvalue weighted by atomic mass is 79.9. The van der Waals surface area contributed by atoms with Gasteiger partial charge in [-0.2, -0.15) is 0 Å². The van der Waals surface area contributed by atoms with Gasteiger partial charge in [0.05, 0.1) is 10.4 Å². The van der Waals surface area contributed by atoms with Gasteiger partial charge in [0.1, 0.15) is 0 Å². The molecule has 1 aliphatic carbocycles. The molecule has 0 bridgehead atoms. The summed E-state index contributed by atoms with van der Waals surface area (Å²) in [6.45, 7) is 0. The van der Waals surface area contributed by atoms with Crippen molar-refractivity contribution in [2.24, 2.45) is 0 Å². The number of aliphatic hydroxyl groups is 1. The first-order valence-electron chi connectivity index (χ1n) is 4.75. The molecule has 0 spiro atoms. The second kappa shape index (κ2) is 3.95. The molecule has 3 heteroatoms. The smallest absolute Gasteiger partial charge is 0.0953 e. The minimum atomic E-state index is -0.410. The van der Waals surface area contributed by atoms with Crippen LogP contribution in [-0.4, -0.2) is 9.43 Å². The van der Waals surface area contributed by atoms with Crippen LogP contribution in [0.5, 0.6) is 0 Å². The van der Waals surface area contributed by atoms with Crippen LogP contribution >= 0.6 is 31.9 Å². The Morgan fingerprint density at radius 3 is 2.43 bits per heavy atom. The molecule has 1 aromatic carbocycles. The van der Waals surface area contributed by atoms with Crippen LogP contribution in [0.15, 0.2) is 28.7 Å². The summed E-state index contributed by atoms with van der Waals surface area (Å²) in [5.74, 6) is 0. The molecular formula is C11H12Br2O. The lowest BCUT2D eigenvalue weighted by atomic mass is 9.78. The fourth-order valence-electron chi connectivity index (χ4n) is 1.76. The Hall–Kier alpha value is 0.140. The zero-order valence-electron chi connectivity index (χ0n) is 7.71. The van der Waals surface area contributed by atoms with Crippen molar-refractivity contribution in [1.29, 1.82) is 0 Å². The van der Waals surface area contributed by atoms with Gasteiger partial charge in [-0.25, -0.2) is 0 Å². The van der Waals surface area contributed by atoms with Crippen LogP contribution in [0.1, 0.15) is 30.9 Å². The minimum Gasteiger partial charge on any atom is -0.387 e. The Balaban J connectivity index is 2.26. The molecule has 1 saturated carbocycles. The van der Waals surface area contributed by atoms with Gasteiger partial charge < -0.3 is 5.11 Å². The Morgan fingerprint density at radius 1 is 1.29 bits per heavy atom. The summed E-state index contributed by atoms with van der Waals surface area (Å²) in [4.78, 5) is 0. The van der Waals surface area contributed by atoms with Gasteiger partial charge in [-0.3, -0.25) is 0 Å². The Morgan fingerprint density at radius 2 is 1.93 bits per heavy atom. The number of rotatable bonds is 2. The average Bonchev–Trinajstić information content (AvgIpc) is 2.14. The first kappa shape index (κ1) is 10.7. The van der Waals surface area contributed by atoms with Crippen molar-refractivity contribution in [3.05, 3.63) is 34.3 Å². The van der Waals surface area contributed by atoms with Gasteiger partial charge in [0.25, 0.3) is 0 Å². The summed E-state index contributed by atoms with van der Waals surface area (Å²) < 4.78 is 0.898. The molecule has 1 N–H and O–H groups in total. The fourth-order valence-corrected chi connectivity index (χ4v) is 3.07. The van der Waals surface area contributed by atoms with Gasteiger partial charge in [0.15, 0.2) is 0 Å². The lowest BCUT2D eigenvalue weighted by Crippen LogP contribution is -2.37. The van der Waals surface area contributed by atoms with E-state index >= 15 is 0 Å². The monoisotopic (exact) mass is 318 g/mol. The lowest BCUT2D eigenvalue weighted by molar-refractivity contribution is 0.0910. The van der Waals surface area contributed by atoms with E-state index in [1.807, 2.05) is 24.3 Å². The molecule has 1 aromatic rings. The standard InChI is InChI=1S/C11H12Br2O/c12-9-5-2-1-4-8(9)10(14)11(13)6-3-7-11/h1-2,4-5,10,14H,3,6-7H2. The maximum Gasteiger partial charge on any atom is 0.0953 e. The van der Waals surface area contributed by atoms with Crippen LogP contribution in [0.2, 0.25) is 0 Å². The largest absolute Gasteiger partial charge is 0.387 e. The summed E-state index contributed by atoms with van der Waals surface area (Å²) in [5, 5.41) is 10.2. The van der Waals surface area contributed by atoms with Gasteiger partial charge in [-0.1, -0.05) is 56.5 Å². The van der Waals surface area contributed by atoms with Crippen LogP contribution < -0.4 is 0 Å². The van der Waals surface area contributed by atoms with Crippen LogP contribution in [0.3, 0.4) is 0 Å². The number of hydrogen-bond donors (Lipinski definition) is 1. The second-order valence-corrected chi connectivity index (χ2v) is 6.25. The molecule has 0 heterocycles. The van der Waals surface area contributed by atoms with Gasteiger partial charge in [0, 0.05) is 4.47 Å². The highest BCUT2D eigenvalue weighted by molar-refractivity contribution is 9.10. The van der Waals surface area contributed by atoms with Gasteiger partial charge in [0.2, 0.25) is 0 Å². The van der Waals surface area contributed by atoms with E-state index in [1.54, 1.807) is 0 Å². The highest BCUT2D eigenvalue weighted by Crippen LogP contribution is 2.50. The van der Waals surface area contributed by atoms with Crippen molar-refractivity contribution < 1.29 is 5.11 Å². The van der Waals surface area contributed by atoms with E-state index < -0.39 is 6.10 Å². The van der Waals surface area contributed by atoms with Crippen molar-refractivity contribution >= 4 is 31.9 Å². The van der Waals surface area contributed by atoms with E-state index in [0.717, 1.165) is 22.9 Å². The summed E-state index contributed by atoms with van der Waals surface area (Å²) in [6.07, 6.45) is 2.89. The number of benzene rings is 1. The average molecular weight is 320 g/mol.